The lowest BCUT2D eigenvalue weighted by atomic mass is 9.83. The summed E-state index contributed by atoms with van der Waals surface area (Å²) in [7, 11) is 0. The van der Waals surface area contributed by atoms with E-state index in [4.69, 9.17) is 4.74 Å². The molecule has 42 heavy (non-hydrogen) atoms. The summed E-state index contributed by atoms with van der Waals surface area (Å²) in [6.07, 6.45) is 0. The Bertz CT molecular complexity index is 1670. The third-order valence-electron chi connectivity index (χ3n) is 8.16. The number of ether oxygens (including phenoxy) is 1. The van der Waals surface area contributed by atoms with Crippen LogP contribution in [0.25, 0.3) is 22.3 Å². The molecular weight excluding hydrogens is 510 g/mol. The van der Waals surface area contributed by atoms with Gasteiger partial charge in [-0.1, -0.05) is 113 Å². The number of aryl methyl sites for hydroxylation is 2. The molecule has 0 unspecified atom stereocenters. The molecule has 1 heterocycles. The molecule has 0 radical (unpaired) electrons. The highest BCUT2D eigenvalue weighted by Crippen LogP contribution is 2.51. The van der Waals surface area contributed by atoms with Crippen LogP contribution >= 0.6 is 0 Å². The molecule has 5 aromatic carbocycles. The number of para-hydroxylation sites is 4. The summed E-state index contributed by atoms with van der Waals surface area (Å²) in [6.45, 7) is 18.1. The van der Waals surface area contributed by atoms with Gasteiger partial charge in [0.1, 0.15) is 0 Å². The first-order valence-electron chi connectivity index (χ1n) is 14.9. The number of benzene rings is 5. The first-order valence-corrected chi connectivity index (χ1v) is 14.9. The Labute approximate surface area is 251 Å². The summed E-state index contributed by atoms with van der Waals surface area (Å²) in [5.74, 6) is 1.72. The predicted octanol–water partition coefficient (Wildman–Crippen LogP) is 11.8. The normalized spacial score (nSPS) is 12.9. The highest BCUT2D eigenvalue weighted by atomic mass is 16.5. The van der Waals surface area contributed by atoms with Gasteiger partial charge in [0.25, 0.3) is 0 Å². The maximum absolute atomic E-state index is 6.36. The molecule has 0 bridgehead atoms. The van der Waals surface area contributed by atoms with Gasteiger partial charge in [0.05, 0.1) is 11.4 Å². The molecule has 0 spiro atoms. The maximum Gasteiger partial charge on any atom is 0.151 e. The summed E-state index contributed by atoms with van der Waals surface area (Å²) < 4.78 is 6.36. The lowest BCUT2D eigenvalue weighted by molar-refractivity contribution is 0.477. The second-order valence-corrected chi connectivity index (χ2v) is 13.8. The van der Waals surface area contributed by atoms with Crippen molar-refractivity contribution in [1.82, 2.24) is 0 Å². The Kier molecular flexibility index (Phi) is 6.77. The van der Waals surface area contributed by atoms with E-state index in [-0.39, 0.29) is 10.8 Å². The molecule has 0 atom stereocenters. The number of rotatable bonds is 3. The van der Waals surface area contributed by atoms with Gasteiger partial charge in [0.2, 0.25) is 0 Å². The Morgan fingerprint density at radius 1 is 0.476 bits per heavy atom. The number of nitrogens with zero attached hydrogens (tertiary/aromatic N) is 1. The lowest BCUT2D eigenvalue weighted by Crippen LogP contribution is -2.16. The van der Waals surface area contributed by atoms with Crippen LogP contribution in [0, 0.1) is 13.8 Å². The molecule has 1 aliphatic rings. The molecule has 6 rings (SSSR count). The zero-order valence-corrected chi connectivity index (χ0v) is 26.2. The highest BCUT2D eigenvalue weighted by molar-refractivity contribution is 5.90. The van der Waals surface area contributed by atoms with Gasteiger partial charge < -0.3 is 9.64 Å². The van der Waals surface area contributed by atoms with E-state index in [1.807, 2.05) is 12.1 Å². The zero-order chi connectivity index (χ0) is 29.8. The predicted molar refractivity (Wildman–Crippen MR) is 179 cm³/mol. The van der Waals surface area contributed by atoms with Gasteiger partial charge in [0, 0.05) is 5.69 Å². The zero-order valence-electron chi connectivity index (χ0n) is 26.2. The number of fused-ring (bicyclic) bond motifs is 2. The van der Waals surface area contributed by atoms with Gasteiger partial charge in [-0.05, 0) is 101 Å². The minimum absolute atomic E-state index is 0.0570. The summed E-state index contributed by atoms with van der Waals surface area (Å²) in [5, 5.41) is 0. The lowest BCUT2D eigenvalue weighted by Gasteiger charge is -2.33. The Hall–Kier alpha value is -4.30. The van der Waals surface area contributed by atoms with Crippen LogP contribution in [0.2, 0.25) is 0 Å². The van der Waals surface area contributed by atoms with Crippen molar-refractivity contribution in [2.45, 2.75) is 66.2 Å². The van der Waals surface area contributed by atoms with Crippen LogP contribution in [0.3, 0.4) is 0 Å². The number of anilines is 3. The fraction of sp³-hybridized carbons (Fsp3) is 0.250. The minimum atomic E-state index is 0.0570. The van der Waals surface area contributed by atoms with E-state index in [1.165, 1.54) is 44.5 Å². The van der Waals surface area contributed by atoms with Gasteiger partial charge >= 0.3 is 0 Å². The van der Waals surface area contributed by atoms with E-state index in [2.05, 4.69) is 151 Å². The molecule has 1 aliphatic heterocycles. The van der Waals surface area contributed by atoms with Gasteiger partial charge in [-0.25, -0.2) is 0 Å². The minimum Gasteiger partial charge on any atom is -0.453 e. The maximum atomic E-state index is 6.36. The Morgan fingerprint density at radius 3 is 1.31 bits per heavy atom. The molecule has 0 aromatic heterocycles. The fourth-order valence-corrected chi connectivity index (χ4v) is 5.82. The average molecular weight is 552 g/mol. The Balaban J connectivity index is 1.64. The van der Waals surface area contributed by atoms with E-state index in [1.54, 1.807) is 0 Å². The molecule has 2 nitrogen and oxygen atoms in total. The van der Waals surface area contributed by atoms with Crippen molar-refractivity contribution in [1.29, 1.82) is 0 Å². The van der Waals surface area contributed by atoms with Gasteiger partial charge in [0.15, 0.2) is 11.5 Å². The second-order valence-electron chi connectivity index (χ2n) is 13.8. The molecule has 2 heteroatoms. The first kappa shape index (κ1) is 27.8. The van der Waals surface area contributed by atoms with E-state index in [0.29, 0.717) is 0 Å². The highest BCUT2D eigenvalue weighted by Gasteiger charge is 2.26. The van der Waals surface area contributed by atoms with Gasteiger partial charge in [-0.3, -0.25) is 0 Å². The summed E-state index contributed by atoms with van der Waals surface area (Å²) in [4.78, 5) is 2.35. The monoisotopic (exact) mass is 551 g/mol. The van der Waals surface area contributed by atoms with Crippen LogP contribution in [0.4, 0.5) is 17.1 Å². The van der Waals surface area contributed by atoms with E-state index in [9.17, 15) is 0 Å². The van der Waals surface area contributed by atoms with Gasteiger partial charge in [-0.2, -0.15) is 0 Å². The van der Waals surface area contributed by atoms with Crippen LogP contribution in [-0.4, -0.2) is 0 Å². The van der Waals surface area contributed by atoms with Crippen LogP contribution in [-0.2, 0) is 10.8 Å². The number of hydrogen-bond donors (Lipinski definition) is 0. The summed E-state index contributed by atoms with van der Waals surface area (Å²) in [5.41, 5.74) is 13.4. The average Bonchev–Trinajstić information content (AvgIpc) is 2.94. The Morgan fingerprint density at radius 2 is 0.881 bits per heavy atom. The third-order valence-corrected chi connectivity index (χ3v) is 8.16. The number of hydrogen-bond acceptors (Lipinski definition) is 2. The quantitative estimate of drug-likeness (QED) is 0.217. The molecule has 212 valence electrons. The molecule has 0 saturated carbocycles. The molecule has 0 fully saturated rings. The fourth-order valence-electron chi connectivity index (χ4n) is 5.82. The molecule has 0 saturated heterocycles. The van der Waals surface area contributed by atoms with E-state index >= 15 is 0 Å². The van der Waals surface area contributed by atoms with Crippen LogP contribution < -0.4 is 9.64 Å². The van der Waals surface area contributed by atoms with Gasteiger partial charge in [-0.15, -0.1) is 0 Å². The van der Waals surface area contributed by atoms with E-state index in [0.717, 1.165) is 28.6 Å². The largest absolute Gasteiger partial charge is 0.453 e. The summed E-state index contributed by atoms with van der Waals surface area (Å²) >= 11 is 0. The molecular formula is C40H41NO. The summed E-state index contributed by atoms with van der Waals surface area (Å²) in [6, 6.07) is 37.7. The van der Waals surface area contributed by atoms with Crippen molar-refractivity contribution in [2.75, 3.05) is 4.90 Å². The second kappa shape index (κ2) is 10.2. The van der Waals surface area contributed by atoms with E-state index < -0.39 is 0 Å². The van der Waals surface area contributed by atoms with Crippen molar-refractivity contribution < 1.29 is 4.74 Å². The van der Waals surface area contributed by atoms with Crippen LogP contribution in [0.1, 0.15) is 63.8 Å². The third kappa shape index (κ3) is 5.34. The van der Waals surface area contributed by atoms with Crippen molar-refractivity contribution in [3.8, 4) is 33.8 Å². The van der Waals surface area contributed by atoms with Crippen molar-refractivity contribution in [3.05, 3.63) is 125 Å². The van der Waals surface area contributed by atoms with Crippen LogP contribution in [0.15, 0.2) is 103 Å². The van der Waals surface area contributed by atoms with Crippen LogP contribution in [0.5, 0.6) is 11.5 Å². The molecule has 0 amide bonds. The molecule has 0 aliphatic carbocycles. The molecule has 5 aromatic rings. The topological polar surface area (TPSA) is 12.5 Å². The first-order chi connectivity index (χ1) is 19.9. The standard InChI is InChI=1S/C40H41NO/c1-26-17-28(22-32(19-26)39(3,4)5)30-21-31(29-18-27(2)20-33(23-29)40(6,7)8)25-34(24-30)41-35-13-9-11-15-37(35)42-38-16-12-10-14-36(38)41/h9-25H,1-8H3. The molecule has 0 N–H and O–H groups in total. The van der Waals surface area contributed by atoms with Crippen molar-refractivity contribution in [3.63, 3.8) is 0 Å². The smallest absolute Gasteiger partial charge is 0.151 e. The van der Waals surface area contributed by atoms with Crippen molar-refractivity contribution in [2.24, 2.45) is 0 Å². The SMILES string of the molecule is Cc1cc(-c2cc(-c3cc(C)cc(C(C)(C)C)c3)cc(N3c4ccccc4Oc4ccccc43)c2)cc(C(C)(C)C)c1. The van der Waals surface area contributed by atoms with Crippen molar-refractivity contribution >= 4 is 17.1 Å².